The van der Waals surface area contributed by atoms with Crippen LogP contribution in [0.25, 0.3) is 0 Å². The second kappa shape index (κ2) is 15.0. The molecule has 42 heavy (non-hydrogen) atoms. The first kappa shape index (κ1) is 32.9. The minimum Gasteiger partial charge on any atom is -0.369 e. The van der Waals surface area contributed by atoms with Gasteiger partial charge in [-0.2, -0.15) is 20.0 Å². The summed E-state index contributed by atoms with van der Waals surface area (Å²) >= 11 is 29.4. The highest BCUT2D eigenvalue weighted by Gasteiger charge is 2.06. The molecule has 4 aromatic rings. The number of aryl methyl sites for hydroxylation is 2. The van der Waals surface area contributed by atoms with Gasteiger partial charge in [-0.05, 0) is 56.3 Å². The molecule has 0 aliphatic rings. The largest absolute Gasteiger partial charge is 0.369 e. The van der Waals surface area contributed by atoms with Crippen LogP contribution in [0.4, 0.5) is 29.1 Å². The van der Waals surface area contributed by atoms with E-state index in [1.165, 1.54) is 0 Å². The molecular weight excluding hydrogens is 644 g/mol. The van der Waals surface area contributed by atoms with Crippen molar-refractivity contribution in [2.45, 2.75) is 13.8 Å². The molecule has 0 fully saturated rings. The number of hydrogen-bond acceptors (Lipinski definition) is 7. The normalized spacial score (nSPS) is 11.5. The second-order valence-corrected chi connectivity index (χ2v) is 10.7. The Morgan fingerprint density at radius 2 is 1.10 bits per heavy atom. The van der Waals surface area contributed by atoms with Crippen molar-refractivity contribution >= 4 is 99.0 Å². The van der Waals surface area contributed by atoms with Crippen molar-refractivity contribution in [3.63, 3.8) is 0 Å². The molecule has 0 atom stereocenters. The molecule has 11 nitrogen and oxygen atoms in total. The smallest absolute Gasteiger partial charge is 0.254 e. The predicted molar refractivity (Wildman–Crippen MR) is 176 cm³/mol. The third-order valence-electron chi connectivity index (χ3n) is 4.92. The van der Waals surface area contributed by atoms with Gasteiger partial charge in [0, 0.05) is 42.9 Å². The number of nitrogens with two attached hydrogens (primary N) is 2. The molecule has 6 N–H and O–H groups in total. The quantitative estimate of drug-likeness (QED) is 0.0997. The highest BCUT2D eigenvalue weighted by atomic mass is 35.5. The number of guanidine groups is 2. The maximum Gasteiger partial charge on any atom is 0.254 e. The van der Waals surface area contributed by atoms with Gasteiger partial charge in [0.25, 0.3) is 11.9 Å². The van der Waals surface area contributed by atoms with Crippen molar-refractivity contribution in [3.8, 4) is 0 Å². The Balaban J connectivity index is 0.000000231. The number of anilines is 3. The molecule has 2 aromatic carbocycles. The summed E-state index contributed by atoms with van der Waals surface area (Å²) in [5, 5.41) is 7.86. The minimum atomic E-state index is 0.116. The van der Waals surface area contributed by atoms with E-state index in [2.05, 4.69) is 40.6 Å². The van der Waals surface area contributed by atoms with E-state index in [1.54, 1.807) is 49.4 Å². The van der Waals surface area contributed by atoms with Gasteiger partial charge in [0.2, 0.25) is 11.9 Å². The van der Waals surface area contributed by atoms with Crippen molar-refractivity contribution in [2.75, 3.05) is 29.6 Å². The summed E-state index contributed by atoms with van der Waals surface area (Å²) in [4.78, 5) is 26.7. The van der Waals surface area contributed by atoms with Gasteiger partial charge >= 0.3 is 0 Å². The summed E-state index contributed by atoms with van der Waals surface area (Å²) in [6.07, 6.45) is 0. The fourth-order valence-corrected chi connectivity index (χ4v) is 3.93. The van der Waals surface area contributed by atoms with Crippen LogP contribution >= 0.6 is 58.0 Å². The van der Waals surface area contributed by atoms with Gasteiger partial charge in [-0.1, -0.05) is 58.0 Å². The van der Waals surface area contributed by atoms with E-state index in [1.807, 2.05) is 32.0 Å². The van der Waals surface area contributed by atoms with E-state index in [0.717, 1.165) is 11.5 Å². The molecule has 16 heteroatoms. The number of aromatic nitrogens is 4. The summed E-state index contributed by atoms with van der Waals surface area (Å²) < 4.78 is 0. The molecule has 0 aliphatic heterocycles. The van der Waals surface area contributed by atoms with E-state index >= 15 is 0 Å². The van der Waals surface area contributed by atoms with Gasteiger partial charge in [-0.3, -0.25) is 0 Å². The van der Waals surface area contributed by atoms with Crippen LogP contribution in [0, 0.1) is 13.8 Å². The lowest BCUT2D eigenvalue weighted by molar-refractivity contribution is 1.01. The van der Waals surface area contributed by atoms with Gasteiger partial charge in [0.15, 0.2) is 0 Å². The van der Waals surface area contributed by atoms with Crippen LogP contribution in [0.2, 0.25) is 25.2 Å². The third-order valence-corrected chi connectivity index (χ3v) is 6.59. The van der Waals surface area contributed by atoms with Gasteiger partial charge in [0.05, 0.1) is 20.1 Å². The van der Waals surface area contributed by atoms with Crippen molar-refractivity contribution in [2.24, 2.45) is 21.5 Å². The lowest BCUT2D eigenvalue weighted by Gasteiger charge is -2.12. The molecule has 0 spiro atoms. The number of rotatable bonds is 5. The molecule has 0 bridgehead atoms. The van der Waals surface area contributed by atoms with E-state index in [4.69, 9.17) is 69.5 Å². The Morgan fingerprint density at radius 3 is 1.52 bits per heavy atom. The van der Waals surface area contributed by atoms with Gasteiger partial charge < -0.3 is 27.0 Å². The molecule has 0 aliphatic carbocycles. The van der Waals surface area contributed by atoms with Crippen LogP contribution in [0.15, 0.2) is 58.5 Å². The van der Waals surface area contributed by atoms with E-state index in [-0.39, 0.29) is 23.8 Å². The number of halogens is 5. The molecule has 4 rings (SSSR count). The number of aliphatic imine (C=N–C) groups is 2. The number of nitrogens with zero attached hydrogens (tertiary/aromatic N) is 7. The molecule has 220 valence electrons. The molecule has 0 amide bonds. The minimum absolute atomic E-state index is 0.116. The van der Waals surface area contributed by atoms with Crippen LogP contribution < -0.4 is 27.0 Å². The summed E-state index contributed by atoms with van der Waals surface area (Å²) in [7, 11) is 3.79. The lowest BCUT2D eigenvalue weighted by Crippen LogP contribution is -2.22. The highest BCUT2D eigenvalue weighted by molar-refractivity contribution is 6.42. The zero-order valence-electron chi connectivity index (χ0n) is 22.8. The predicted octanol–water partition coefficient (Wildman–Crippen LogP) is 7.02. The first-order valence-electron chi connectivity index (χ1n) is 12.0. The molecule has 2 aromatic heterocycles. The van der Waals surface area contributed by atoms with Crippen molar-refractivity contribution < 1.29 is 0 Å². The molecule has 0 radical (unpaired) electrons. The Bertz CT molecular complexity index is 1610. The zero-order chi connectivity index (χ0) is 31.0. The molecule has 0 saturated heterocycles. The first-order valence-corrected chi connectivity index (χ1v) is 13.8. The van der Waals surface area contributed by atoms with Gasteiger partial charge in [0.1, 0.15) is 11.0 Å². The van der Waals surface area contributed by atoms with Crippen LogP contribution in [0.3, 0.4) is 0 Å². The Kier molecular flexibility index (Phi) is 11.8. The number of benzene rings is 2. The number of nitrogens with one attached hydrogen (secondary N) is 2. The first-order chi connectivity index (χ1) is 19.8. The average molecular weight is 670 g/mol. The lowest BCUT2D eigenvalue weighted by atomic mass is 10.3. The third kappa shape index (κ3) is 10.3. The van der Waals surface area contributed by atoms with Crippen molar-refractivity contribution in [1.82, 2.24) is 19.9 Å². The van der Waals surface area contributed by atoms with Crippen molar-refractivity contribution in [3.05, 3.63) is 85.2 Å². The fraction of sp³-hybridized carbons (Fsp3) is 0.154. The van der Waals surface area contributed by atoms with Crippen LogP contribution in [0.1, 0.15) is 11.4 Å². The second-order valence-electron chi connectivity index (χ2n) is 8.70. The zero-order valence-corrected chi connectivity index (χ0v) is 26.6. The summed E-state index contributed by atoms with van der Waals surface area (Å²) in [5.41, 5.74) is 14.5. The maximum absolute atomic E-state index is 5.95. The van der Waals surface area contributed by atoms with E-state index in [0.29, 0.717) is 42.3 Å². The maximum atomic E-state index is 5.95. The Hall–Kier alpha value is -3.61. The van der Waals surface area contributed by atoms with Crippen LogP contribution in [-0.2, 0) is 0 Å². The average Bonchev–Trinajstić information content (AvgIpc) is 2.87. The summed E-state index contributed by atoms with van der Waals surface area (Å²) in [5.74, 6) is 1.50. The molecular formula is C26H26Cl5N11. The molecule has 0 unspecified atom stereocenters. The standard InChI is InChI=1S/C14H16Cl2N6.C12H10Cl3N5/c1-8-6-12(22(2)3)20-14(18-8)21-13(17)19-9-4-5-10(15)11(16)7-9;1-6-4-10(15)19-12(17-6)20-11(16)18-7-2-3-8(13)9(14)5-7/h4-7H,1-3H3,(H3,17,18,19,20,21);2-5H,1H3,(H3,16,17,18,19,20). The fourth-order valence-electron chi connectivity index (χ4n) is 3.10. The van der Waals surface area contributed by atoms with Crippen LogP contribution in [-0.4, -0.2) is 46.0 Å². The highest BCUT2D eigenvalue weighted by Crippen LogP contribution is 2.26. The summed E-state index contributed by atoms with van der Waals surface area (Å²) in [6, 6.07) is 13.6. The Labute approximate surface area is 268 Å². The van der Waals surface area contributed by atoms with Crippen LogP contribution in [0.5, 0.6) is 0 Å². The Morgan fingerprint density at radius 1 is 0.643 bits per heavy atom. The van der Waals surface area contributed by atoms with Crippen molar-refractivity contribution in [1.29, 1.82) is 0 Å². The van der Waals surface area contributed by atoms with Gasteiger partial charge in [-0.15, -0.1) is 0 Å². The van der Waals surface area contributed by atoms with E-state index in [9.17, 15) is 0 Å². The monoisotopic (exact) mass is 667 g/mol. The van der Waals surface area contributed by atoms with Gasteiger partial charge in [-0.25, -0.2) is 9.97 Å². The van der Waals surface area contributed by atoms with E-state index < -0.39 is 0 Å². The summed E-state index contributed by atoms with van der Waals surface area (Å²) in [6.45, 7) is 3.66. The molecule has 2 heterocycles. The topological polar surface area (TPSA) is 156 Å². The molecule has 0 saturated carbocycles. The SMILES string of the molecule is Cc1cc(Cl)nc(N=C(N)Nc2ccc(Cl)c(Cl)c2)n1.Cc1cc(N(C)C)nc(N=C(N)Nc2ccc(Cl)c(Cl)c2)n1. The number of hydrogen-bond donors (Lipinski definition) is 4.